The Morgan fingerprint density at radius 3 is 2.47 bits per heavy atom. The second-order valence-corrected chi connectivity index (χ2v) is 7.62. The van der Waals surface area contributed by atoms with Crippen LogP contribution < -0.4 is 22.1 Å². The number of hydrogen-bond acceptors (Lipinski definition) is 5. The smallest absolute Gasteiger partial charge is 0.244 e. The number of carbonyl (C=O) groups excluding carboxylic acids is 2. The summed E-state index contributed by atoms with van der Waals surface area (Å²) in [7, 11) is 0. The molecule has 2 atom stereocenters. The van der Waals surface area contributed by atoms with Gasteiger partial charge in [-0.05, 0) is 29.5 Å². The van der Waals surface area contributed by atoms with Crippen molar-refractivity contribution in [2.75, 3.05) is 19.6 Å². The summed E-state index contributed by atoms with van der Waals surface area (Å²) in [6, 6.07) is 16.6. The number of nitrogens with zero attached hydrogens (tertiary/aromatic N) is 1. The highest BCUT2D eigenvalue weighted by atomic mass is 16.2. The maximum atomic E-state index is 13.0. The van der Waals surface area contributed by atoms with E-state index in [1.807, 2.05) is 54.6 Å². The van der Waals surface area contributed by atoms with E-state index in [1.165, 1.54) is 0 Å². The van der Waals surface area contributed by atoms with Crippen LogP contribution in [0.2, 0.25) is 0 Å². The topological polar surface area (TPSA) is 113 Å². The summed E-state index contributed by atoms with van der Waals surface area (Å²) in [6.07, 6.45) is 1.28. The SMILES string of the molecule is NCc1ccc(CNC(=O)C2CNCCN2C(=O)C(N)CCc2ccccc2)cc1. The van der Waals surface area contributed by atoms with Crippen molar-refractivity contribution >= 4 is 11.8 Å². The Balaban J connectivity index is 1.55. The summed E-state index contributed by atoms with van der Waals surface area (Å²) in [4.78, 5) is 27.4. The molecule has 0 aromatic heterocycles. The Morgan fingerprint density at radius 2 is 1.77 bits per heavy atom. The maximum absolute atomic E-state index is 13.0. The molecule has 2 amide bonds. The maximum Gasteiger partial charge on any atom is 0.244 e. The first-order valence-electron chi connectivity index (χ1n) is 10.4. The van der Waals surface area contributed by atoms with Crippen molar-refractivity contribution in [3.63, 3.8) is 0 Å². The minimum absolute atomic E-state index is 0.167. The molecule has 1 fully saturated rings. The second kappa shape index (κ2) is 10.9. The minimum atomic E-state index is -0.623. The number of aryl methyl sites for hydroxylation is 1. The van der Waals surface area contributed by atoms with Crippen molar-refractivity contribution in [1.29, 1.82) is 0 Å². The number of amides is 2. The largest absolute Gasteiger partial charge is 0.350 e. The standard InChI is InChI=1S/C23H31N5O2/c24-14-18-6-8-19(9-7-18)15-27-22(29)21-16-26-12-13-28(21)23(30)20(25)11-10-17-4-2-1-3-5-17/h1-9,20-21,26H,10-16,24-25H2,(H,27,29). The lowest BCUT2D eigenvalue weighted by Crippen LogP contribution is -2.62. The van der Waals surface area contributed by atoms with E-state index in [0.717, 1.165) is 23.1 Å². The Bertz CT molecular complexity index is 825. The fourth-order valence-electron chi connectivity index (χ4n) is 3.61. The fraction of sp³-hybridized carbons (Fsp3) is 0.391. The average molecular weight is 410 g/mol. The predicted molar refractivity (Wildman–Crippen MR) is 117 cm³/mol. The van der Waals surface area contributed by atoms with Crippen LogP contribution in [0.3, 0.4) is 0 Å². The molecular formula is C23H31N5O2. The number of rotatable bonds is 8. The van der Waals surface area contributed by atoms with Gasteiger partial charge in [-0.3, -0.25) is 9.59 Å². The van der Waals surface area contributed by atoms with Crippen LogP contribution in [0.4, 0.5) is 0 Å². The summed E-state index contributed by atoms with van der Waals surface area (Å²) in [5.41, 5.74) is 15.0. The highest BCUT2D eigenvalue weighted by Gasteiger charge is 2.34. The summed E-state index contributed by atoms with van der Waals surface area (Å²) in [5, 5.41) is 6.14. The Hall–Kier alpha value is -2.74. The van der Waals surface area contributed by atoms with E-state index in [0.29, 0.717) is 39.1 Å². The molecule has 2 aromatic rings. The van der Waals surface area contributed by atoms with E-state index >= 15 is 0 Å². The zero-order valence-corrected chi connectivity index (χ0v) is 17.2. The summed E-state index contributed by atoms with van der Waals surface area (Å²) in [6.45, 7) is 2.45. The molecule has 30 heavy (non-hydrogen) atoms. The van der Waals surface area contributed by atoms with Crippen molar-refractivity contribution in [3.8, 4) is 0 Å². The van der Waals surface area contributed by atoms with Crippen LogP contribution in [-0.4, -0.2) is 48.4 Å². The van der Waals surface area contributed by atoms with E-state index in [4.69, 9.17) is 11.5 Å². The lowest BCUT2D eigenvalue weighted by molar-refractivity contribution is -0.142. The first-order chi connectivity index (χ1) is 14.6. The van der Waals surface area contributed by atoms with Crippen LogP contribution >= 0.6 is 0 Å². The predicted octanol–water partition coefficient (Wildman–Crippen LogP) is 0.522. The summed E-state index contributed by atoms with van der Waals surface area (Å²) < 4.78 is 0. The zero-order chi connectivity index (χ0) is 21.3. The van der Waals surface area contributed by atoms with Crippen LogP contribution in [0, 0.1) is 0 Å². The monoisotopic (exact) mass is 409 g/mol. The molecule has 0 aliphatic carbocycles. The molecule has 1 heterocycles. The van der Waals surface area contributed by atoms with Crippen molar-refractivity contribution in [2.24, 2.45) is 11.5 Å². The Labute approximate surface area is 177 Å². The van der Waals surface area contributed by atoms with E-state index in [-0.39, 0.29) is 11.8 Å². The van der Waals surface area contributed by atoms with Gasteiger partial charge in [0, 0.05) is 32.7 Å². The summed E-state index contributed by atoms with van der Waals surface area (Å²) >= 11 is 0. The van der Waals surface area contributed by atoms with Crippen LogP contribution in [0.15, 0.2) is 54.6 Å². The molecule has 6 N–H and O–H groups in total. The molecular weight excluding hydrogens is 378 g/mol. The molecule has 0 saturated carbocycles. The molecule has 0 bridgehead atoms. The third kappa shape index (κ3) is 5.89. The molecule has 7 nitrogen and oxygen atoms in total. The first-order valence-corrected chi connectivity index (χ1v) is 10.4. The van der Waals surface area contributed by atoms with Gasteiger partial charge in [0.1, 0.15) is 6.04 Å². The van der Waals surface area contributed by atoms with Gasteiger partial charge in [-0.25, -0.2) is 0 Å². The fourth-order valence-corrected chi connectivity index (χ4v) is 3.61. The van der Waals surface area contributed by atoms with Gasteiger partial charge in [0.25, 0.3) is 0 Å². The number of nitrogens with one attached hydrogen (secondary N) is 2. The molecule has 1 aliphatic rings. The number of hydrogen-bond donors (Lipinski definition) is 4. The Kier molecular flexibility index (Phi) is 7.96. The quantitative estimate of drug-likeness (QED) is 0.508. The molecule has 2 aromatic carbocycles. The van der Waals surface area contributed by atoms with Gasteiger partial charge in [-0.15, -0.1) is 0 Å². The van der Waals surface area contributed by atoms with Crippen molar-refractivity contribution in [2.45, 2.75) is 38.0 Å². The molecule has 0 spiro atoms. The van der Waals surface area contributed by atoms with Crippen LogP contribution in [0.25, 0.3) is 0 Å². The van der Waals surface area contributed by atoms with Crippen molar-refractivity contribution in [1.82, 2.24) is 15.5 Å². The molecule has 1 aliphatic heterocycles. The van der Waals surface area contributed by atoms with Gasteiger partial charge < -0.3 is 27.0 Å². The normalized spacial score (nSPS) is 17.4. The van der Waals surface area contributed by atoms with Gasteiger partial charge >= 0.3 is 0 Å². The van der Waals surface area contributed by atoms with Crippen molar-refractivity contribution in [3.05, 3.63) is 71.3 Å². The van der Waals surface area contributed by atoms with Crippen LogP contribution in [0.5, 0.6) is 0 Å². The van der Waals surface area contributed by atoms with Gasteiger partial charge in [0.05, 0.1) is 6.04 Å². The van der Waals surface area contributed by atoms with E-state index in [2.05, 4.69) is 10.6 Å². The lowest BCUT2D eigenvalue weighted by atomic mass is 10.0. The Morgan fingerprint density at radius 1 is 1.07 bits per heavy atom. The first kappa shape index (κ1) is 22.0. The number of carbonyl (C=O) groups is 2. The summed E-state index contributed by atoms with van der Waals surface area (Å²) in [5.74, 6) is -0.339. The van der Waals surface area contributed by atoms with Gasteiger partial charge in [0.2, 0.25) is 11.8 Å². The molecule has 3 rings (SSSR count). The molecule has 2 unspecified atom stereocenters. The van der Waals surface area contributed by atoms with Gasteiger partial charge in [-0.2, -0.15) is 0 Å². The lowest BCUT2D eigenvalue weighted by Gasteiger charge is -2.36. The molecule has 160 valence electrons. The van der Waals surface area contributed by atoms with Gasteiger partial charge in [0.15, 0.2) is 0 Å². The molecule has 1 saturated heterocycles. The highest BCUT2D eigenvalue weighted by Crippen LogP contribution is 2.11. The molecule has 7 heteroatoms. The number of benzene rings is 2. The average Bonchev–Trinajstić information content (AvgIpc) is 2.81. The van der Waals surface area contributed by atoms with E-state index < -0.39 is 12.1 Å². The van der Waals surface area contributed by atoms with Crippen LogP contribution in [0.1, 0.15) is 23.1 Å². The highest BCUT2D eigenvalue weighted by molar-refractivity contribution is 5.90. The number of nitrogens with two attached hydrogens (primary N) is 2. The van der Waals surface area contributed by atoms with Crippen LogP contribution in [-0.2, 0) is 29.1 Å². The van der Waals surface area contributed by atoms with Crippen molar-refractivity contribution < 1.29 is 9.59 Å². The van der Waals surface area contributed by atoms with E-state index in [9.17, 15) is 9.59 Å². The number of piperazine rings is 1. The molecule has 0 radical (unpaired) electrons. The third-order valence-electron chi connectivity index (χ3n) is 5.46. The zero-order valence-electron chi connectivity index (χ0n) is 17.2. The van der Waals surface area contributed by atoms with Gasteiger partial charge in [-0.1, -0.05) is 54.6 Å². The van der Waals surface area contributed by atoms with E-state index in [1.54, 1.807) is 4.90 Å². The third-order valence-corrected chi connectivity index (χ3v) is 5.46. The second-order valence-electron chi connectivity index (χ2n) is 7.62. The minimum Gasteiger partial charge on any atom is -0.350 e.